The van der Waals surface area contributed by atoms with Crippen molar-refractivity contribution < 1.29 is 23.9 Å². The van der Waals surface area contributed by atoms with Gasteiger partial charge >= 0.3 is 12.0 Å². The SMILES string of the molecule is COCCNC(=O)NC(=O)CN1CCC[C@H](C(=O)OC)C1. The number of esters is 1. The van der Waals surface area contributed by atoms with Crippen molar-refractivity contribution >= 4 is 17.9 Å². The first-order chi connectivity index (χ1) is 10.1. The third-order valence-electron chi connectivity index (χ3n) is 3.25. The van der Waals surface area contributed by atoms with Gasteiger partial charge in [0.2, 0.25) is 5.91 Å². The number of carbonyl (C=O) groups is 3. The molecule has 0 unspecified atom stereocenters. The molecule has 0 radical (unpaired) electrons. The molecule has 8 nitrogen and oxygen atoms in total. The number of hydrogen-bond donors (Lipinski definition) is 2. The Kier molecular flexibility index (Phi) is 7.70. The van der Waals surface area contributed by atoms with Gasteiger partial charge in [-0.05, 0) is 19.4 Å². The average molecular weight is 301 g/mol. The molecule has 0 saturated carbocycles. The fourth-order valence-corrected chi connectivity index (χ4v) is 2.24. The molecule has 1 aliphatic heterocycles. The number of ether oxygens (including phenoxy) is 2. The molecule has 1 atom stereocenters. The van der Waals surface area contributed by atoms with Crippen LogP contribution in [0.3, 0.4) is 0 Å². The Bertz CT molecular complexity index is 375. The number of piperidine rings is 1. The fourth-order valence-electron chi connectivity index (χ4n) is 2.24. The predicted molar refractivity (Wildman–Crippen MR) is 74.6 cm³/mol. The molecule has 0 spiro atoms. The molecular weight excluding hydrogens is 278 g/mol. The summed E-state index contributed by atoms with van der Waals surface area (Å²) in [5.74, 6) is -0.847. The third-order valence-corrected chi connectivity index (χ3v) is 3.25. The quantitative estimate of drug-likeness (QED) is 0.499. The maximum absolute atomic E-state index is 11.7. The van der Waals surface area contributed by atoms with Crippen LogP contribution in [0.15, 0.2) is 0 Å². The molecule has 3 amide bonds. The molecule has 0 aromatic rings. The van der Waals surface area contributed by atoms with Crippen LogP contribution < -0.4 is 10.6 Å². The number of methoxy groups -OCH3 is 2. The fraction of sp³-hybridized carbons (Fsp3) is 0.769. The Balaban J connectivity index is 2.30. The van der Waals surface area contributed by atoms with E-state index in [9.17, 15) is 14.4 Å². The summed E-state index contributed by atoms with van der Waals surface area (Å²) in [4.78, 5) is 36.5. The standard InChI is InChI=1S/C13H23N3O5/c1-20-7-5-14-13(19)15-11(17)9-16-6-3-4-10(8-16)12(18)21-2/h10H,3-9H2,1-2H3,(H2,14,15,17,19)/t10-/m0/s1. The van der Waals surface area contributed by atoms with Crippen LogP contribution in [-0.2, 0) is 19.1 Å². The van der Waals surface area contributed by atoms with Crippen molar-refractivity contribution in [1.82, 2.24) is 15.5 Å². The zero-order valence-corrected chi connectivity index (χ0v) is 12.5. The van der Waals surface area contributed by atoms with Crippen molar-refractivity contribution in [2.45, 2.75) is 12.8 Å². The second-order valence-corrected chi connectivity index (χ2v) is 4.89. The van der Waals surface area contributed by atoms with E-state index in [1.807, 2.05) is 4.90 Å². The third kappa shape index (κ3) is 6.54. The Hall–Kier alpha value is -1.67. The number of urea groups is 1. The summed E-state index contributed by atoms with van der Waals surface area (Å²) in [5, 5.41) is 4.74. The molecule has 0 bridgehead atoms. The number of imide groups is 1. The van der Waals surface area contributed by atoms with E-state index in [-0.39, 0.29) is 18.4 Å². The lowest BCUT2D eigenvalue weighted by molar-refractivity contribution is -0.147. The van der Waals surface area contributed by atoms with Gasteiger partial charge in [-0.2, -0.15) is 0 Å². The number of amides is 3. The molecule has 120 valence electrons. The van der Waals surface area contributed by atoms with E-state index in [1.165, 1.54) is 14.2 Å². The summed E-state index contributed by atoms with van der Waals surface area (Å²) in [7, 11) is 2.89. The maximum atomic E-state index is 11.7. The number of carbonyl (C=O) groups excluding carboxylic acids is 3. The van der Waals surface area contributed by atoms with E-state index < -0.39 is 11.9 Å². The molecule has 0 aromatic heterocycles. The van der Waals surface area contributed by atoms with Gasteiger partial charge in [0.05, 0.1) is 26.2 Å². The zero-order chi connectivity index (χ0) is 15.7. The van der Waals surface area contributed by atoms with Crippen LogP contribution in [0.4, 0.5) is 4.79 Å². The van der Waals surface area contributed by atoms with Crippen molar-refractivity contribution in [2.75, 3.05) is 47.0 Å². The van der Waals surface area contributed by atoms with Crippen LogP contribution in [0.5, 0.6) is 0 Å². The number of rotatable bonds is 6. The summed E-state index contributed by atoms with van der Waals surface area (Å²) in [6.07, 6.45) is 1.59. The predicted octanol–water partition coefficient (Wildman–Crippen LogP) is -0.656. The minimum atomic E-state index is -0.543. The van der Waals surface area contributed by atoms with Crippen LogP contribution in [0.1, 0.15) is 12.8 Å². The molecule has 8 heteroatoms. The first-order valence-electron chi connectivity index (χ1n) is 6.93. The van der Waals surface area contributed by atoms with Crippen LogP contribution in [0.2, 0.25) is 0 Å². The Morgan fingerprint density at radius 3 is 2.71 bits per heavy atom. The van der Waals surface area contributed by atoms with Crippen molar-refractivity contribution in [1.29, 1.82) is 0 Å². The second kappa shape index (κ2) is 9.30. The van der Waals surface area contributed by atoms with Crippen molar-refractivity contribution in [2.24, 2.45) is 5.92 Å². The highest BCUT2D eigenvalue weighted by molar-refractivity contribution is 5.95. The van der Waals surface area contributed by atoms with Crippen LogP contribution in [-0.4, -0.2) is 69.8 Å². The molecule has 1 heterocycles. The average Bonchev–Trinajstić information content (AvgIpc) is 2.46. The molecular formula is C13H23N3O5. The van der Waals surface area contributed by atoms with Crippen molar-refractivity contribution in [3.05, 3.63) is 0 Å². The van der Waals surface area contributed by atoms with Crippen LogP contribution >= 0.6 is 0 Å². The van der Waals surface area contributed by atoms with Gasteiger partial charge in [-0.25, -0.2) is 4.79 Å². The summed E-state index contributed by atoms with van der Waals surface area (Å²) in [5.41, 5.74) is 0. The molecule has 1 aliphatic rings. The number of likely N-dealkylation sites (tertiary alicyclic amines) is 1. The number of nitrogens with zero attached hydrogens (tertiary/aromatic N) is 1. The summed E-state index contributed by atoms with van der Waals surface area (Å²) in [6.45, 7) is 2.01. The Morgan fingerprint density at radius 2 is 2.05 bits per heavy atom. The largest absolute Gasteiger partial charge is 0.469 e. The van der Waals surface area contributed by atoms with Crippen molar-refractivity contribution in [3.8, 4) is 0 Å². The van der Waals surface area contributed by atoms with Gasteiger partial charge in [0.1, 0.15) is 0 Å². The van der Waals surface area contributed by atoms with Gasteiger partial charge in [0.15, 0.2) is 0 Å². The summed E-state index contributed by atoms with van der Waals surface area (Å²) in [6, 6.07) is -0.543. The smallest absolute Gasteiger partial charge is 0.321 e. The lowest BCUT2D eigenvalue weighted by Gasteiger charge is -2.30. The lowest BCUT2D eigenvalue weighted by atomic mass is 9.98. The molecule has 1 rings (SSSR count). The van der Waals surface area contributed by atoms with Crippen LogP contribution in [0, 0.1) is 5.92 Å². The molecule has 1 saturated heterocycles. The highest BCUT2D eigenvalue weighted by Gasteiger charge is 2.27. The van der Waals surface area contributed by atoms with Gasteiger partial charge in [-0.1, -0.05) is 0 Å². The summed E-state index contributed by atoms with van der Waals surface area (Å²) < 4.78 is 9.50. The lowest BCUT2D eigenvalue weighted by Crippen LogP contribution is -2.48. The first kappa shape index (κ1) is 17.4. The molecule has 21 heavy (non-hydrogen) atoms. The zero-order valence-electron chi connectivity index (χ0n) is 12.5. The minimum absolute atomic E-state index is 0.0885. The van der Waals surface area contributed by atoms with Crippen LogP contribution in [0.25, 0.3) is 0 Å². The van der Waals surface area contributed by atoms with Gasteiger partial charge in [0.25, 0.3) is 0 Å². The topological polar surface area (TPSA) is 97.0 Å². The van der Waals surface area contributed by atoms with E-state index in [4.69, 9.17) is 9.47 Å². The number of nitrogens with one attached hydrogen (secondary N) is 2. The van der Waals surface area contributed by atoms with Gasteiger partial charge in [-0.3, -0.25) is 19.8 Å². The second-order valence-electron chi connectivity index (χ2n) is 4.89. The van der Waals surface area contributed by atoms with Gasteiger partial charge in [-0.15, -0.1) is 0 Å². The van der Waals surface area contributed by atoms with E-state index in [0.29, 0.717) is 19.7 Å². The maximum Gasteiger partial charge on any atom is 0.321 e. The monoisotopic (exact) mass is 301 g/mol. The van der Waals surface area contributed by atoms with Gasteiger partial charge < -0.3 is 14.8 Å². The molecule has 0 aliphatic carbocycles. The summed E-state index contributed by atoms with van der Waals surface area (Å²) >= 11 is 0. The van der Waals surface area contributed by atoms with E-state index in [2.05, 4.69) is 10.6 Å². The van der Waals surface area contributed by atoms with E-state index in [0.717, 1.165) is 19.4 Å². The first-order valence-corrected chi connectivity index (χ1v) is 6.93. The normalized spacial score (nSPS) is 18.9. The Morgan fingerprint density at radius 1 is 1.29 bits per heavy atom. The Labute approximate surface area is 124 Å². The van der Waals surface area contributed by atoms with E-state index >= 15 is 0 Å². The highest BCUT2D eigenvalue weighted by atomic mass is 16.5. The van der Waals surface area contributed by atoms with E-state index in [1.54, 1.807) is 0 Å². The van der Waals surface area contributed by atoms with Gasteiger partial charge in [0, 0.05) is 20.2 Å². The highest BCUT2D eigenvalue weighted by Crippen LogP contribution is 2.17. The molecule has 0 aromatic carbocycles. The molecule has 2 N–H and O–H groups in total. The number of hydrogen-bond acceptors (Lipinski definition) is 6. The molecule has 1 fully saturated rings. The minimum Gasteiger partial charge on any atom is -0.469 e. The van der Waals surface area contributed by atoms with Crippen molar-refractivity contribution in [3.63, 3.8) is 0 Å².